The van der Waals surface area contributed by atoms with Crippen LogP contribution in [0.4, 0.5) is 28.9 Å². The van der Waals surface area contributed by atoms with Crippen LogP contribution in [-0.4, -0.2) is 17.1 Å². The lowest BCUT2D eigenvalue weighted by atomic mass is 9.92. The fraction of sp³-hybridized carbons (Fsp3) is 0.333. The average Bonchev–Trinajstić information content (AvgIpc) is 2.62. The number of thioether (sulfide) groups is 1. The summed E-state index contributed by atoms with van der Waals surface area (Å²) in [5, 5.41) is 3.82. The molecule has 4 nitrogen and oxygen atoms in total. The molecule has 30 heavy (non-hydrogen) atoms. The Balaban J connectivity index is 2.07. The number of anilines is 2. The number of carbonyl (C=O) groups excluding carboxylic acids is 2. The quantitative estimate of drug-likeness (QED) is 0.341. The highest BCUT2D eigenvalue weighted by Gasteiger charge is 2.23. The Morgan fingerprint density at radius 1 is 1.00 bits per heavy atom. The van der Waals surface area contributed by atoms with E-state index in [1.807, 2.05) is 26.1 Å². The summed E-state index contributed by atoms with van der Waals surface area (Å²) >= 11 is 1.05. The predicted molar refractivity (Wildman–Crippen MR) is 109 cm³/mol. The Labute approximate surface area is 176 Å². The summed E-state index contributed by atoms with van der Waals surface area (Å²) in [6, 6.07) is 6.78. The van der Waals surface area contributed by atoms with Crippen LogP contribution in [0.15, 0.2) is 35.2 Å². The van der Waals surface area contributed by atoms with Crippen LogP contribution < -0.4 is 10.6 Å². The lowest BCUT2D eigenvalue weighted by Crippen LogP contribution is -2.24. The third-order valence-corrected chi connectivity index (χ3v) is 4.94. The Kier molecular flexibility index (Phi) is 7.52. The van der Waals surface area contributed by atoms with Crippen LogP contribution in [0.1, 0.15) is 34.1 Å². The third-order valence-electron chi connectivity index (χ3n) is 3.85. The molecular formula is C21H22F4N2O2S. The van der Waals surface area contributed by atoms with Gasteiger partial charge in [0.1, 0.15) is 5.69 Å². The van der Waals surface area contributed by atoms with Crippen LogP contribution in [-0.2, 0) is 9.59 Å². The van der Waals surface area contributed by atoms with E-state index < -0.39 is 40.1 Å². The summed E-state index contributed by atoms with van der Waals surface area (Å²) < 4.78 is 54.1. The molecule has 2 rings (SSSR count). The van der Waals surface area contributed by atoms with Crippen molar-refractivity contribution < 1.29 is 27.2 Å². The number of hydrogen-bond acceptors (Lipinski definition) is 3. The number of nitrogens with one attached hydrogen (secondary N) is 2. The number of halogens is 4. The molecule has 0 aromatic heterocycles. The van der Waals surface area contributed by atoms with E-state index in [9.17, 15) is 27.2 Å². The third kappa shape index (κ3) is 6.48. The first-order valence-corrected chi connectivity index (χ1v) is 9.96. The molecule has 162 valence electrons. The summed E-state index contributed by atoms with van der Waals surface area (Å²) in [7, 11) is 0. The van der Waals surface area contributed by atoms with Crippen LogP contribution in [0.25, 0.3) is 0 Å². The molecular weight excluding hydrogens is 420 g/mol. The first kappa shape index (κ1) is 23.7. The van der Waals surface area contributed by atoms with Crippen molar-refractivity contribution in [1.82, 2.24) is 0 Å². The van der Waals surface area contributed by atoms with Crippen molar-refractivity contribution in [3.8, 4) is 0 Å². The van der Waals surface area contributed by atoms with Crippen LogP contribution in [0.5, 0.6) is 0 Å². The maximum Gasteiger partial charge on any atom is 0.237 e. The van der Waals surface area contributed by atoms with E-state index in [0.717, 1.165) is 11.8 Å². The van der Waals surface area contributed by atoms with Crippen LogP contribution in [0.3, 0.4) is 0 Å². The minimum atomic E-state index is -1.68. The molecule has 0 aliphatic carbocycles. The summed E-state index contributed by atoms with van der Waals surface area (Å²) in [6.07, 6.45) is 0.324. The highest BCUT2D eigenvalue weighted by Crippen LogP contribution is 2.29. The number of amides is 2. The van der Waals surface area contributed by atoms with E-state index in [1.54, 1.807) is 24.3 Å². The molecule has 0 bridgehead atoms. The largest absolute Gasteiger partial charge is 0.326 e. The van der Waals surface area contributed by atoms with Gasteiger partial charge in [0.15, 0.2) is 23.3 Å². The van der Waals surface area contributed by atoms with Crippen molar-refractivity contribution in [2.24, 2.45) is 5.41 Å². The van der Waals surface area contributed by atoms with Gasteiger partial charge in [0.2, 0.25) is 11.8 Å². The molecule has 0 radical (unpaired) electrons. The molecule has 2 amide bonds. The van der Waals surface area contributed by atoms with Gasteiger partial charge in [0, 0.05) is 23.1 Å². The Morgan fingerprint density at radius 2 is 1.60 bits per heavy atom. The topological polar surface area (TPSA) is 58.2 Å². The van der Waals surface area contributed by atoms with Gasteiger partial charge in [-0.25, -0.2) is 17.6 Å². The summed E-state index contributed by atoms with van der Waals surface area (Å²) in [6.45, 7) is 7.29. The van der Waals surface area contributed by atoms with Crippen molar-refractivity contribution >= 4 is 35.0 Å². The van der Waals surface area contributed by atoms with E-state index in [1.165, 1.54) is 6.92 Å². The molecule has 0 spiro atoms. The SMILES string of the molecule is CC(Sc1cccc(NC(=O)CC(C)(C)C)c1)C(=O)Nc1c(F)c(F)cc(F)c1F. The lowest BCUT2D eigenvalue weighted by molar-refractivity contribution is -0.118. The van der Waals surface area contributed by atoms with E-state index in [0.29, 0.717) is 17.0 Å². The maximum atomic E-state index is 13.7. The van der Waals surface area contributed by atoms with Gasteiger partial charge in [-0.15, -0.1) is 11.8 Å². The van der Waals surface area contributed by atoms with Gasteiger partial charge in [0.05, 0.1) is 5.25 Å². The predicted octanol–water partition coefficient (Wildman–Crippen LogP) is 5.74. The molecule has 0 fully saturated rings. The van der Waals surface area contributed by atoms with Crippen LogP contribution >= 0.6 is 11.8 Å². The van der Waals surface area contributed by atoms with Crippen molar-refractivity contribution in [3.63, 3.8) is 0 Å². The van der Waals surface area contributed by atoms with Crippen LogP contribution in [0, 0.1) is 28.7 Å². The Morgan fingerprint density at radius 3 is 2.17 bits per heavy atom. The molecule has 0 aliphatic heterocycles. The van der Waals surface area contributed by atoms with E-state index in [4.69, 9.17) is 0 Å². The fourth-order valence-electron chi connectivity index (χ4n) is 2.50. The second-order valence-corrected chi connectivity index (χ2v) is 9.32. The fourth-order valence-corrected chi connectivity index (χ4v) is 3.43. The van der Waals surface area contributed by atoms with E-state index in [-0.39, 0.29) is 17.4 Å². The maximum absolute atomic E-state index is 13.7. The average molecular weight is 442 g/mol. The smallest absolute Gasteiger partial charge is 0.237 e. The lowest BCUT2D eigenvalue weighted by Gasteiger charge is -2.17. The number of rotatable bonds is 6. The first-order chi connectivity index (χ1) is 13.9. The Hall–Kier alpha value is -2.55. The molecule has 1 unspecified atom stereocenters. The molecule has 2 aromatic rings. The van der Waals surface area contributed by atoms with Crippen molar-refractivity contribution in [2.45, 2.75) is 44.3 Å². The molecule has 2 aromatic carbocycles. The molecule has 2 N–H and O–H groups in total. The summed E-state index contributed by atoms with van der Waals surface area (Å²) in [4.78, 5) is 25.0. The van der Waals surface area contributed by atoms with Gasteiger partial charge in [-0.05, 0) is 30.5 Å². The molecule has 0 aliphatic rings. The Bertz CT molecular complexity index is 935. The van der Waals surface area contributed by atoms with Gasteiger partial charge < -0.3 is 10.6 Å². The zero-order chi connectivity index (χ0) is 22.6. The normalized spacial score (nSPS) is 12.4. The zero-order valence-electron chi connectivity index (χ0n) is 16.9. The number of hydrogen-bond donors (Lipinski definition) is 2. The minimum Gasteiger partial charge on any atom is -0.326 e. The van der Waals surface area contributed by atoms with Gasteiger partial charge >= 0.3 is 0 Å². The van der Waals surface area contributed by atoms with E-state index in [2.05, 4.69) is 5.32 Å². The van der Waals surface area contributed by atoms with Gasteiger partial charge in [-0.2, -0.15) is 0 Å². The molecule has 0 heterocycles. The monoisotopic (exact) mass is 442 g/mol. The molecule has 1 atom stereocenters. The number of carbonyl (C=O) groups is 2. The minimum absolute atomic E-state index is 0.0674. The second-order valence-electron chi connectivity index (χ2n) is 7.91. The molecule has 9 heteroatoms. The van der Waals surface area contributed by atoms with Gasteiger partial charge in [0.25, 0.3) is 0 Å². The summed E-state index contributed by atoms with van der Waals surface area (Å²) in [5.41, 5.74) is -0.816. The van der Waals surface area contributed by atoms with Crippen LogP contribution in [0.2, 0.25) is 0 Å². The second kappa shape index (κ2) is 9.51. The standard InChI is InChI=1S/C21H22F4N2O2S/c1-11(20(29)27-19-17(24)14(22)9-15(23)18(19)25)30-13-7-5-6-12(8-13)26-16(28)10-21(2,3)4/h5-9,11H,10H2,1-4H3,(H,26,28)(H,27,29). The van der Waals surface area contributed by atoms with Gasteiger partial charge in [-0.3, -0.25) is 9.59 Å². The highest BCUT2D eigenvalue weighted by molar-refractivity contribution is 8.00. The zero-order valence-corrected chi connectivity index (χ0v) is 17.7. The van der Waals surface area contributed by atoms with Crippen molar-refractivity contribution in [3.05, 3.63) is 53.6 Å². The first-order valence-electron chi connectivity index (χ1n) is 9.08. The van der Waals surface area contributed by atoms with Crippen molar-refractivity contribution in [2.75, 3.05) is 10.6 Å². The molecule has 0 saturated carbocycles. The summed E-state index contributed by atoms with van der Waals surface area (Å²) in [5.74, 6) is -7.57. The van der Waals surface area contributed by atoms with Crippen molar-refractivity contribution in [1.29, 1.82) is 0 Å². The van der Waals surface area contributed by atoms with E-state index >= 15 is 0 Å². The number of benzene rings is 2. The highest BCUT2D eigenvalue weighted by atomic mass is 32.2. The van der Waals surface area contributed by atoms with Gasteiger partial charge in [-0.1, -0.05) is 26.8 Å². The molecule has 0 saturated heterocycles.